The van der Waals surface area contributed by atoms with Gasteiger partial charge in [-0.05, 0) is 29.7 Å². The van der Waals surface area contributed by atoms with Gasteiger partial charge in [-0.1, -0.05) is 54.6 Å². The highest BCUT2D eigenvalue weighted by molar-refractivity contribution is 5.80. The fourth-order valence-electron chi connectivity index (χ4n) is 3.77. The zero-order chi connectivity index (χ0) is 22.7. The average molecular weight is 445 g/mol. The Kier molecular flexibility index (Phi) is 8.25. The van der Waals surface area contributed by atoms with Crippen molar-refractivity contribution >= 4 is 11.9 Å². The van der Waals surface area contributed by atoms with Crippen molar-refractivity contribution in [1.82, 2.24) is 20.2 Å². The maximum atomic E-state index is 5.84. The molecule has 2 aromatic carbocycles. The molecule has 7 nitrogen and oxygen atoms in total. The molecular formula is C26H32N6O. The van der Waals surface area contributed by atoms with Crippen molar-refractivity contribution in [1.29, 1.82) is 0 Å². The number of hydrogen-bond donors (Lipinski definition) is 1. The second-order valence-electron chi connectivity index (χ2n) is 7.99. The minimum absolute atomic E-state index is 0.608. The third-order valence-electron chi connectivity index (χ3n) is 5.56. The lowest BCUT2D eigenvalue weighted by Gasteiger charge is -2.36. The fourth-order valence-corrected chi connectivity index (χ4v) is 3.77. The number of ether oxygens (including phenoxy) is 1. The van der Waals surface area contributed by atoms with E-state index in [2.05, 4.69) is 68.4 Å². The molecule has 33 heavy (non-hydrogen) atoms. The van der Waals surface area contributed by atoms with E-state index in [4.69, 9.17) is 9.73 Å². The molecular weight excluding hydrogens is 412 g/mol. The van der Waals surface area contributed by atoms with Crippen molar-refractivity contribution in [3.8, 4) is 0 Å². The van der Waals surface area contributed by atoms with E-state index in [0.717, 1.165) is 44.6 Å². The molecule has 7 heteroatoms. The Bertz CT molecular complexity index is 986. The van der Waals surface area contributed by atoms with Gasteiger partial charge in [0.2, 0.25) is 5.95 Å². The summed E-state index contributed by atoms with van der Waals surface area (Å²) in [6.45, 7) is 8.38. The second kappa shape index (κ2) is 12.0. The number of piperazine rings is 1. The van der Waals surface area contributed by atoms with Crippen molar-refractivity contribution in [3.05, 3.63) is 89.7 Å². The Morgan fingerprint density at radius 3 is 2.15 bits per heavy atom. The number of anilines is 1. The lowest BCUT2D eigenvalue weighted by atomic mass is 10.1. The minimum Gasteiger partial charge on any atom is -0.372 e. The molecule has 1 N–H and O–H groups in total. The van der Waals surface area contributed by atoms with Gasteiger partial charge in [0.1, 0.15) is 0 Å². The van der Waals surface area contributed by atoms with Crippen LogP contribution in [-0.2, 0) is 24.5 Å². The van der Waals surface area contributed by atoms with Gasteiger partial charge in [0, 0.05) is 45.1 Å². The number of aromatic nitrogens is 2. The van der Waals surface area contributed by atoms with E-state index in [1.165, 1.54) is 16.7 Å². The standard InChI is InChI=1S/C26H32N6O/c1-2-27-25(31-15-17-32(18-16-31)26-28-13-6-14-29-26)30-19-22-9-11-24(12-10-22)21-33-20-23-7-4-3-5-8-23/h3-14H,2,15-21H2,1H3,(H,27,30). The summed E-state index contributed by atoms with van der Waals surface area (Å²) in [5.41, 5.74) is 3.55. The van der Waals surface area contributed by atoms with Gasteiger partial charge in [-0.15, -0.1) is 0 Å². The molecule has 0 radical (unpaired) electrons. The fraction of sp³-hybridized carbons (Fsp3) is 0.346. The molecule has 1 aliphatic rings. The van der Waals surface area contributed by atoms with Gasteiger partial charge < -0.3 is 19.9 Å². The summed E-state index contributed by atoms with van der Waals surface area (Å²) in [6, 6.07) is 20.6. The quantitative estimate of drug-likeness (QED) is 0.424. The molecule has 4 rings (SSSR count). The van der Waals surface area contributed by atoms with Crippen molar-refractivity contribution in [2.24, 2.45) is 4.99 Å². The highest BCUT2D eigenvalue weighted by Crippen LogP contribution is 2.12. The van der Waals surface area contributed by atoms with Crippen LogP contribution < -0.4 is 10.2 Å². The van der Waals surface area contributed by atoms with E-state index in [-0.39, 0.29) is 0 Å². The molecule has 0 aliphatic carbocycles. The number of nitrogens with zero attached hydrogens (tertiary/aromatic N) is 5. The maximum Gasteiger partial charge on any atom is 0.225 e. The van der Waals surface area contributed by atoms with E-state index < -0.39 is 0 Å². The molecule has 0 saturated carbocycles. The van der Waals surface area contributed by atoms with Gasteiger partial charge in [0.15, 0.2) is 5.96 Å². The van der Waals surface area contributed by atoms with Crippen LogP contribution in [0.2, 0.25) is 0 Å². The summed E-state index contributed by atoms with van der Waals surface area (Å²) in [4.78, 5) is 18.2. The summed E-state index contributed by atoms with van der Waals surface area (Å²) in [5, 5.41) is 3.44. The predicted octanol–water partition coefficient (Wildman–Crippen LogP) is 3.48. The molecule has 0 bridgehead atoms. The third kappa shape index (κ3) is 6.76. The van der Waals surface area contributed by atoms with Gasteiger partial charge in [0.05, 0.1) is 19.8 Å². The van der Waals surface area contributed by atoms with Crippen molar-refractivity contribution in [2.75, 3.05) is 37.6 Å². The van der Waals surface area contributed by atoms with Gasteiger partial charge in [0.25, 0.3) is 0 Å². The van der Waals surface area contributed by atoms with Crippen LogP contribution in [0, 0.1) is 0 Å². The Morgan fingerprint density at radius 1 is 0.848 bits per heavy atom. The summed E-state index contributed by atoms with van der Waals surface area (Å²) in [5.74, 6) is 1.76. The molecule has 1 saturated heterocycles. The Morgan fingerprint density at radius 2 is 1.48 bits per heavy atom. The van der Waals surface area contributed by atoms with Crippen LogP contribution in [0.5, 0.6) is 0 Å². The number of aliphatic imine (C=N–C) groups is 1. The van der Waals surface area contributed by atoms with Gasteiger partial charge >= 0.3 is 0 Å². The van der Waals surface area contributed by atoms with Crippen molar-refractivity contribution in [3.63, 3.8) is 0 Å². The van der Waals surface area contributed by atoms with Crippen molar-refractivity contribution < 1.29 is 4.74 Å². The number of rotatable bonds is 8. The first-order valence-electron chi connectivity index (χ1n) is 11.6. The molecule has 2 heterocycles. The molecule has 0 spiro atoms. The summed E-state index contributed by atoms with van der Waals surface area (Å²) in [7, 11) is 0. The van der Waals surface area contributed by atoms with Crippen LogP contribution in [0.4, 0.5) is 5.95 Å². The molecule has 172 valence electrons. The summed E-state index contributed by atoms with van der Waals surface area (Å²) in [6.07, 6.45) is 3.59. The number of guanidine groups is 1. The van der Waals surface area contributed by atoms with Crippen molar-refractivity contribution in [2.45, 2.75) is 26.7 Å². The van der Waals surface area contributed by atoms with Crippen LogP contribution in [0.1, 0.15) is 23.6 Å². The van der Waals surface area contributed by atoms with Gasteiger partial charge in [-0.2, -0.15) is 0 Å². The van der Waals surface area contributed by atoms with Gasteiger partial charge in [-0.25, -0.2) is 15.0 Å². The molecule has 0 unspecified atom stereocenters. The van der Waals surface area contributed by atoms with Crippen LogP contribution >= 0.6 is 0 Å². The number of nitrogens with one attached hydrogen (secondary N) is 1. The van der Waals surface area contributed by atoms with E-state index in [0.29, 0.717) is 19.8 Å². The Labute approximate surface area is 196 Å². The van der Waals surface area contributed by atoms with E-state index in [9.17, 15) is 0 Å². The first-order valence-corrected chi connectivity index (χ1v) is 11.6. The summed E-state index contributed by atoms with van der Waals surface area (Å²) < 4.78 is 5.84. The normalized spacial score (nSPS) is 14.4. The minimum atomic E-state index is 0.608. The lowest BCUT2D eigenvalue weighted by molar-refractivity contribution is 0.107. The first kappa shape index (κ1) is 22.7. The molecule has 0 amide bonds. The van der Waals surface area contributed by atoms with Crippen LogP contribution in [0.3, 0.4) is 0 Å². The van der Waals surface area contributed by atoms with E-state index >= 15 is 0 Å². The Hall–Kier alpha value is -3.45. The smallest absolute Gasteiger partial charge is 0.225 e. The molecule has 0 atom stereocenters. The first-order chi connectivity index (χ1) is 16.3. The monoisotopic (exact) mass is 444 g/mol. The largest absolute Gasteiger partial charge is 0.372 e. The molecule has 1 fully saturated rings. The lowest BCUT2D eigenvalue weighted by Crippen LogP contribution is -2.52. The SMILES string of the molecule is CCNC(=NCc1ccc(COCc2ccccc2)cc1)N1CCN(c2ncccn2)CC1. The predicted molar refractivity (Wildman–Crippen MR) is 132 cm³/mol. The number of hydrogen-bond acceptors (Lipinski definition) is 5. The van der Waals surface area contributed by atoms with Crippen LogP contribution in [-0.4, -0.2) is 53.6 Å². The average Bonchev–Trinajstić information content (AvgIpc) is 2.89. The topological polar surface area (TPSA) is 65.9 Å². The molecule has 1 aromatic heterocycles. The highest BCUT2D eigenvalue weighted by Gasteiger charge is 2.21. The zero-order valence-electron chi connectivity index (χ0n) is 19.2. The maximum absolute atomic E-state index is 5.84. The highest BCUT2D eigenvalue weighted by atomic mass is 16.5. The Balaban J connectivity index is 1.27. The molecule has 3 aromatic rings. The van der Waals surface area contributed by atoms with Crippen LogP contribution in [0.25, 0.3) is 0 Å². The van der Waals surface area contributed by atoms with E-state index in [1.54, 1.807) is 12.4 Å². The molecule has 1 aliphatic heterocycles. The number of benzene rings is 2. The summed E-state index contributed by atoms with van der Waals surface area (Å²) >= 11 is 0. The second-order valence-corrected chi connectivity index (χ2v) is 7.99. The van der Waals surface area contributed by atoms with Crippen LogP contribution in [0.15, 0.2) is 78.0 Å². The third-order valence-corrected chi connectivity index (χ3v) is 5.56. The van der Waals surface area contributed by atoms with Gasteiger partial charge in [-0.3, -0.25) is 0 Å². The van der Waals surface area contributed by atoms with E-state index in [1.807, 2.05) is 24.3 Å². The zero-order valence-corrected chi connectivity index (χ0v) is 19.2.